The molecular formula is C33H35N3O7. The zero-order valence-corrected chi connectivity index (χ0v) is 24.6. The summed E-state index contributed by atoms with van der Waals surface area (Å²) in [5.41, 5.74) is 7.08. The lowest BCUT2D eigenvalue weighted by atomic mass is 10.1. The van der Waals surface area contributed by atoms with Gasteiger partial charge in [0, 0.05) is 22.6 Å². The van der Waals surface area contributed by atoms with Crippen LogP contribution in [0.2, 0.25) is 0 Å². The number of nitrogens with one attached hydrogen (secondary N) is 1. The SMILES string of the molecule is C=CCc1cc(/C=N/NC(=O)c2ccc(COc3ccc(-n4c(C)ccc4C)cc3)o2)cc(OCC)c1O[C@H](C)C(=O)O. The average Bonchev–Trinajstić information content (AvgIpc) is 3.60. The predicted octanol–water partition coefficient (Wildman–Crippen LogP) is 6.01. The second-order valence-corrected chi connectivity index (χ2v) is 9.73. The molecule has 0 spiro atoms. The van der Waals surface area contributed by atoms with Crippen LogP contribution < -0.4 is 19.6 Å². The van der Waals surface area contributed by atoms with E-state index in [1.807, 2.05) is 31.2 Å². The van der Waals surface area contributed by atoms with Gasteiger partial charge in [-0.1, -0.05) is 6.08 Å². The molecule has 0 bridgehead atoms. The van der Waals surface area contributed by atoms with Crippen LogP contribution in [-0.2, 0) is 17.8 Å². The molecule has 2 heterocycles. The highest BCUT2D eigenvalue weighted by atomic mass is 16.5. The van der Waals surface area contributed by atoms with E-state index in [-0.39, 0.29) is 12.4 Å². The van der Waals surface area contributed by atoms with Crippen molar-refractivity contribution in [2.24, 2.45) is 5.10 Å². The fourth-order valence-electron chi connectivity index (χ4n) is 4.41. The number of hydrogen-bond acceptors (Lipinski definition) is 7. The van der Waals surface area contributed by atoms with E-state index in [2.05, 4.69) is 47.7 Å². The van der Waals surface area contributed by atoms with E-state index in [0.29, 0.717) is 47.2 Å². The number of carbonyl (C=O) groups is 2. The predicted molar refractivity (Wildman–Crippen MR) is 163 cm³/mol. The van der Waals surface area contributed by atoms with Gasteiger partial charge in [0.1, 0.15) is 18.1 Å². The minimum atomic E-state index is -1.10. The number of carboxylic acid groups (broad SMARTS) is 1. The maximum absolute atomic E-state index is 12.6. The van der Waals surface area contributed by atoms with Gasteiger partial charge in [0.05, 0.1) is 12.8 Å². The Morgan fingerprint density at radius 3 is 2.44 bits per heavy atom. The number of carboxylic acids is 1. The Hall–Kier alpha value is -5.25. The molecule has 4 aromatic rings. The molecule has 0 radical (unpaired) electrons. The number of ether oxygens (including phenoxy) is 3. The summed E-state index contributed by atoms with van der Waals surface area (Å²) in [5.74, 6) is 0.300. The number of furan rings is 1. The molecule has 43 heavy (non-hydrogen) atoms. The molecule has 1 atom stereocenters. The van der Waals surface area contributed by atoms with Crippen LogP contribution in [0, 0.1) is 13.8 Å². The Kier molecular flexibility index (Phi) is 10.1. The summed E-state index contributed by atoms with van der Waals surface area (Å²) in [6, 6.07) is 18.6. The van der Waals surface area contributed by atoms with Crippen molar-refractivity contribution in [1.29, 1.82) is 0 Å². The van der Waals surface area contributed by atoms with Crippen LogP contribution in [0.25, 0.3) is 5.69 Å². The molecular weight excluding hydrogens is 550 g/mol. The van der Waals surface area contributed by atoms with E-state index in [9.17, 15) is 14.7 Å². The van der Waals surface area contributed by atoms with Gasteiger partial charge in [-0.25, -0.2) is 10.2 Å². The quantitative estimate of drug-likeness (QED) is 0.106. The molecule has 2 aromatic carbocycles. The molecule has 2 N–H and O–H groups in total. The first-order chi connectivity index (χ1) is 20.7. The maximum Gasteiger partial charge on any atom is 0.344 e. The summed E-state index contributed by atoms with van der Waals surface area (Å²) in [6.45, 7) is 11.6. The number of aliphatic carboxylic acids is 1. The van der Waals surface area contributed by atoms with Crippen LogP contribution in [0.3, 0.4) is 0 Å². The smallest absolute Gasteiger partial charge is 0.344 e. The Labute approximate surface area is 250 Å². The lowest BCUT2D eigenvalue weighted by molar-refractivity contribution is -0.144. The zero-order chi connectivity index (χ0) is 30.9. The molecule has 1 amide bonds. The molecule has 0 unspecified atom stereocenters. The van der Waals surface area contributed by atoms with E-state index in [0.717, 1.165) is 17.1 Å². The number of rotatable bonds is 14. The van der Waals surface area contributed by atoms with Crippen LogP contribution in [0.4, 0.5) is 0 Å². The van der Waals surface area contributed by atoms with Crippen molar-refractivity contribution in [3.63, 3.8) is 0 Å². The van der Waals surface area contributed by atoms with Crippen LogP contribution in [0.15, 0.2) is 82.8 Å². The van der Waals surface area contributed by atoms with Gasteiger partial charge in [-0.05, 0) is 100 Å². The summed E-state index contributed by atoms with van der Waals surface area (Å²) in [5, 5.41) is 13.3. The summed E-state index contributed by atoms with van der Waals surface area (Å²) in [6.07, 6.45) is 2.45. The Morgan fingerprint density at radius 2 is 1.79 bits per heavy atom. The van der Waals surface area contributed by atoms with Crippen molar-refractivity contribution < 1.29 is 33.3 Å². The minimum Gasteiger partial charge on any atom is -0.490 e. The number of aromatic nitrogens is 1. The van der Waals surface area contributed by atoms with Crippen molar-refractivity contribution in [2.45, 2.75) is 46.8 Å². The molecule has 0 aliphatic rings. The molecule has 0 saturated heterocycles. The van der Waals surface area contributed by atoms with Gasteiger partial charge in [-0.2, -0.15) is 5.10 Å². The number of allylic oxidation sites excluding steroid dienone is 1. The number of nitrogens with zero attached hydrogens (tertiary/aromatic N) is 2. The number of benzene rings is 2. The van der Waals surface area contributed by atoms with Crippen LogP contribution in [-0.4, -0.2) is 40.5 Å². The van der Waals surface area contributed by atoms with E-state index in [1.54, 1.807) is 30.3 Å². The lowest BCUT2D eigenvalue weighted by Crippen LogP contribution is -2.24. The molecule has 10 nitrogen and oxygen atoms in total. The van der Waals surface area contributed by atoms with Crippen molar-refractivity contribution in [1.82, 2.24) is 9.99 Å². The fourth-order valence-corrected chi connectivity index (χ4v) is 4.41. The van der Waals surface area contributed by atoms with Gasteiger partial charge < -0.3 is 28.3 Å². The van der Waals surface area contributed by atoms with Gasteiger partial charge >= 0.3 is 11.9 Å². The van der Waals surface area contributed by atoms with Crippen molar-refractivity contribution in [3.8, 4) is 22.9 Å². The number of hydrazone groups is 1. The second kappa shape index (κ2) is 14.1. The van der Waals surface area contributed by atoms with Gasteiger partial charge in [-0.15, -0.1) is 6.58 Å². The standard InChI is InChI=1S/C33H35N3O7/c1-6-8-25-17-24(18-30(40-7-2)31(25)42-23(5)33(38)39)19-34-35-32(37)29-16-15-28(43-29)20-41-27-13-11-26(12-14-27)36-21(3)9-10-22(36)4/h6,9-19,23H,1,7-8,20H2,2-5H3,(H,35,37)(H,38,39)/b34-19+/t23-/m1/s1. The summed E-state index contributed by atoms with van der Waals surface area (Å²) >= 11 is 0. The summed E-state index contributed by atoms with van der Waals surface area (Å²) in [4.78, 5) is 24.0. The first kappa shape index (κ1) is 30.7. The number of aryl methyl sites for hydroxylation is 2. The maximum atomic E-state index is 12.6. The average molecular weight is 586 g/mol. The van der Waals surface area contributed by atoms with E-state index < -0.39 is 18.0 Å². The highest BCUT2D eigenvalue weighted by Gasteiger charge is 2.20. The molecule has 224 valence electrons. The van der Waals surface area contributed by atoms with Crippen molar-refractivity contribution in [3.05, 3.63) is 107 Å². The van der Waals surface area contributed by atoms with Gasteiger partial charge in [0.2, 0.25) is 0 Å². The normalized spacial score (nSPS) is 11.7. The molecule has 10 heteroatoms. The first-order valence-electron chi connectivity index (χ1n) is 13.8. The third-order valence-corrected chi connectivity index (χ3v) is 6.47. The van der Waals surface area contributed by atoms with E-state index >= 15 is 0 Å². The van der Waals surface area contributed by atoms with Crippen LogP contribution in [0.1, 0.15) is 52.7 Å². The molecule has 0 saturated carbocycles. The van der Waals surface area contributed by atoms with E-state index in [1.165, 1.54) is 13.1 Å². The topological polar surface area (TPSA) is 125 Å². The Bertz CT molecular complexity index is 1600. The van der Waals surface area contributed by atoms with Gasteiger partial charge in [0.15, 0.2) is 23.4 Å². The fraction of sp³-hybridized carbons (Fsp3) is 0.242. The van der Waals surface area contributed by atoms with E-state index in [4.69, 9.17) is 18.6 Å². The zero-order valence-electron chi connectivity index (χ0n) is 24.6. The highest BCUT2D eigenvalue weighted by Crippen LogP contribution is 2.34. The first-order valence-corrected chi connectivity index (χ1v) is 13.8. The molecule has 2 aromatic heterocycles. The molecule has 0 aliphatic carbocycles. The Morgan fingerprint density at radius 1 is 1.07 bits per heavy atom. The highest BCUT2D eigenvalue weighted by molar-refractivity contribution is 5.92. The molecule has 0 aliphatic heterocycles. The van der Waals surface area contributed by atoms with Crippen LogP contribution >= 0.6 is 0 Å². The van der Waals surface area contributed by atoms with Crippen LogP contribution in [0.5, 0.6) is 17.2 Å². The third-order valence-electron chi connectivity index (χ3n) is 6.47. The minimum absolute atomic E-state index is 0.0819. The van der Waals surface area contributed by atoms with Crippen molar-refractivity contribution >= 4 is 18.1 Å². The number of carbonyl (C=O) groups excluding carboxylic acids is 1. The monoisotopic (exact) mass is 585 g/mol. The number of hydrogen-bond donors (Lipinski definition) is 2. The molecule has 4 rings (SSSR count). The second-order valence-electron chi connectivity index (χ2n) is 9.73. The summed E-state index contributed by atoms with van der Waals surface area (Å²) < 4.78 is 25.0. The lowest BCUT2D eigenvalue weighted by Gasteiger charge is -2.18. The largest absolute Gasteiger partial charge is 0.490 e. The summed E-state index contributed by atoms with van der Waals surface area (Å²) in [7, 11) is 0. The van der Waals surface area contributed by atoms with Crippen molar-refractivity contribution in [2.75, 3.05) is 6.61 Å². The van der Waals surface area contributed by atoms with Gasteiger partial charge in [0.25, 0.3) is 0 Å². The van der Waals surface area contributed by atoms with Gasteiger partial charge in [-0.3, -0.25) is 4.79 Å². The number of amides is 1. The Balaban J connectivity index is 1.37. The third kappa shape index (κ3) is 7.73. The molecule has 0 fully saturated rings.